The van der Waals surface area contributed by atoms with Crippen LogP contribution < -0.4 is 0 Å². The molecule has 0 N–H and O–H groups in total. The first-order valence-corrected chi connectivity index (χ1v) is 13.6. The molecule has 0 aromatic heterocycles. The van der Waals surface area contributed by atoms with Gasteiger partial charge in [-0.1, -0.05) is 49.2 Å². The van der Waals surface area contributed by atoms with Gasteiger partial charge in [0, 0.05) is 30.7 Å². The van der Waals surface area contributed by atoms with E-state index in [0.717, 1.165) is 0 Å². The molecule has 2 aliphatic rings. The Balaban J connectivity index is 1.72. The molecule has 0 unspecified atom stereocenters. The van der Waals surface area contributed by atoms with E-state index in [4.69, 9.17) is 23.2 Å². The maximum atomic E-state index is 13.2. The van der Waals surface area contributed by atoms with Crippen LogP contribution in [0.5, 0.6) is 0 Å². The van der Waals surface area contributed by atoms with Gasteiger partial charge in [-0.3, -0.25) is 0 Å². The van der Waals surface area contributed by atoms with E-state index >= 15 is 0 Å². The first-order valence-electron chi connectivity index (χ1n) is 9.88. The van der Waals surface area contributed by atoms with E-state index in [1.54, 1.807) is 36.4 Å². The third-order valence-electron chi connectivity index (χ3n) is 6.65. The highest BCUT2D eigenvalue weighted by Gasteiger charge is 2.56. The molecule has 31 heavy (non-hydrogen) atoms. The molecule has 0 bridgehead atoms. The van der Waals surface area contributed by atoms with E-state index in [1.165, 1.54) is 24.3 Å². The maximum absolute atomic E-state index is 13.2. The Hall–Kier alpha value is -1.60. The second-order valence-electron chi connectivity index (χ2n) is 8.42. The molecule has 0 saturated carbocycles. The van der Waals surface area contributed by atoms with E-state index in [-0.39, 0.29) is 22.6 Å². The lowest BCUT2D eigenvalue weighted by Gasteiger charge is -2.36. The van der Waals surface area contributed by atoms with Crippen LogP contribution in [0.25, 0.3) is 0 Å². The first kappa shape index (κ1) is 22.6. The lowest BCUT2D eigenvalue weighted by atomic mass is 9.67. The summed E-state index contributed by atoms with van der Waals surface area (Å²) in [7, 11) is -7.37. The van der Waals surface area contributed by atoms with Gasteiger partial charge in [0.05, 0.1) is 9.79 Å². The fraction of sp³-hybridized carbons (Fsp3) is 0.304. The Labute approximate surface area is 193 Å². The van der Waals surface area contributed by atoms with Gasteiger partial charge in [0.1, 0.15) is 0 Å². The number of hydrogen-bond donors (Lipinski definition) is 0. The van der Waals surface area contributed by atoms with Crippen LogP contribution in [0.15, 0.2) is 80.3 Å². The van der Waals surface area contributed by atoms with Crippen LogP contribution >= 0.6 is 23.2 Å². The molecule has 0 aliphatic heterocycles. The summed E-state index contributed by atoms with van der Waals surface area (Å²) in [5.74, 6) is 0. The average Bonchev–Trinajstić information content (AvgIpc) is 3.17. The lowest BCUT2D eigenvalue weighted by Crippen LogP contribution is -2.29. The number of hydrogen-bond acceptors (Lipinski definition) is 4. The topological polar surface area (TPSA) is 68.3 Å². The average molecular weight is 497 g/mol. The highest BCUT2D eigenvalue weighted by atomic mass is 35.5. The SMILES string of the molecule is CC[C@]12C=C(S(=O)(=O)c3ccc(Cl)cc3)C[C@@]1(C)C=C(S(=O)(=O)c1ccc(Cl)cc1)C2. The Morgan fingerprint density at radius 1 is 0.742 bits per heavy atom. The fourth-order valence-electron chi connectivity index (χ4n) is 4.73. The van der Waals surface area contributed by atoms with Crippen molar-refractivity contribution in [1.82, 2.24) is 0 Å². The van der Waals surface area contributed by atoms with Gasteiger partial charge >= 0.3 is 0 Å². The summed E-state index contributed by atoms with van der Waals surface area (Å²) < 4.78 is 53.0. The van der Waals surface area contributed by atoms with Crippen molar-refractivity contribution in [2.24, 2.45) is 10.8 Å². The van der Waals surface area contributed by atoms with Crippen molar-refractivity contribution in [1.29, 1.82) is 0 Å². The molecule has 2 aromatic carbocycles. The van der Waals surface area contributed by atoms with Crippen molar-refractivity contribution in [3.05, 3.63) is 80.5 Å². The second-order valence-corrected chi connectivity index (χ2v) is 13.3. The monoisotopic (exact) mass is 496 g/mol. The van der Waals surface area contributed by atoms with Gasteiger partial charge in [-0.2, -0.15) is 0 Å². The van der Waals surface area contributed by atoms with Gasteiger partial charge in [0.15, 0.2) is 0 Å². The van der Waals surface area contributed by atoms with Gasteiger partial charge in [-0.15, -0.1) is 0 Å². The first-order chi connectivity index (χ1) is 14.4. The summed E-state index contributed by atoms with van der Waals surface area (Å²) in [5, 5.41) is 0.932. The smallest absolute Gasteiger partial charge is 0.202 e. The van der Waals surface area contributed by atoms with E-state index in [2.05, 4.69) is 0 Å². The molecular formula is C23H22Cl2O4S2. The van der Waals surface area contributed by atoms with Crippen LogP contribution in [0.4, 0.5) is 0 Å². The minimum absolute atomic E-state index is 0.191. The summed E-state index contributed by atoms with van der Waals surface area (Å²) in [4.78, 5) is 1.05. The normalized spacial score (nSPS) is 25.8. The summed E-state index contributed by atoms with van der Waals surface area (Å²) >= 11 is 11.8. The molecule has 0 fully saturated rings. The number of halogens is 2. The predicted octanol–water partition coefficient (Wildman–Crippen LogP) is 6.22. The van der Waals surface area contributed by atoms with Gasteiger partial charge < -0.3 is 0 Å². The van der Waals surface area contributed by atoms with Crippen LogP contribution in [0.2, 0.25) is 10.0 Å². The molecule has 0 heterocycles. The number of fused-ring (bicyclic) bond motifs is 1. The van der Waals surface area contributed by atoms with Crippen molar-refractivity contribution < 1.29 is 16.8 Å². The number of rotatable bonds is 5. The maximum Gasteiger partial charge on any atom is 0.202 e. The lowest BCUT2D eigenvalue weighted by molar-refractivity contribution is 0.196. The van der Waals surface area contributed by atoms with Gasteiger partial charge in [-0.05, 0) is 67.8 Å². The van der Waals surface area contributed by atoms with Crippen LogP contribution in [-0.4, -0.2) is 16.8 Å². The van der Waals surface area contributed by atoms with E-state index in [0.29, 0.717) is 26.3 Å². The number of sulfone groups is 2. The minimum Gasteiger partial charge on any atom is -0.219 e. The van der Waals surface area contributed by atoms with Crippen molar-refractivity contribution in [2.75, 3.05) is 0 Å². The molecule has 0 amide bonds. The van der Waals surface area contributed by atoms with Crippen LogP contribution in [0.3, 0.4) is 0 Å². The molecule has 2 aromatic rings. The molecule has 164 valence electrons. The fourth-order valence-corrected chi connectivity index (χ4v) is 8.31. The molecule has 0 radical (unpaired) electrons. The molecule has 2 atom stereocenters. The summed E-state index contributed by atoms with van der Waals surface area (Å²) in [5.41, 5.74) is -1.18. The molecule has 2 aliphatic carbocycles. The zero-order chi connectivity index (χ0) is 22.7. The Kier molecular flexibility index (Phi) is 5.45. The highest BCUT2D eigenvalue weighted by Crippen LogP contribution is 2.63. The molecule has 0 saturated heterocycles. The zero-order valence-corrected chi connectivity index (χ0v) is 20.2. The molecular weight excluding hydrogens is 475 g/mol. The van der Waals surface area contributed by atoms with Crippen molar-refractivity contribution in [3.63, 3.8) is 0 Å². The third-order valence-corrected chi connectivity index (χ3v) is 10.8. The standard InChI is InChI=1S/C23H22Cl2O4S2/c1-3-23-14-20(30(26,27)18-8-4-16(24)5-9-18)12-22(23,2)13-21(15-23)31(28,29)19-10-6-17(25)7-11-19/h4-12,15H,3,13-14H2,1-2H3/t22-,23+/m1/s1. The van der Waals surface area contributed by atoms with E-state index in [1.807, 2.05) is 13.8 Å². The van der Waals surface area contributed by atoms with Crippen LogP contribution in [-0.2, 0) is 19.7 Å². The largest absolute Gasteiger partial charge is 0.219 e. The Bertz CT molecular complexity index is 1310. The predicted molar refractivity (Wildman–Crippen MR) is 124 cm³/mol. The Morgan fingerprint density at radius 3 is 1.55 bits per heavy atom. The highest BCUT2D eigenvalue weighted by molar-refractivity contribution is 7.95. The van der Waals surface area contributed by atoms with Gasteiger partial charge in [0.2, 0.25) is 19.7 Å². The zero-order valence-electron chi connectivity index (χ0n) is 17.1. The second kappa shape index (κ2) is 7.48. The molecule has 4 rings (SSSR count). The summed E-state index contributed by atoms with van der Waals surface area (Å²) in [6.07, 6.45) is 4.70. The van der Waals surface area contributed by atoms with Gasteiger partial charge in [0.25, 0.3) is 0 Å². The molecule has 4 nitrogen and oxygen atoms in total. The van der Waals surface area contributed by atoms with Crippen LogP contribution in [0.1, 0.15) is 33.1 Å². The van der Waals surface area contributed by atoms with E-state index < -0.39 is 30.5 Å². The van der Waals surface area contributed by atoms with Crippen molar-refractivity contribution in [3.8, 4) is 0 Å². The minimum atomic E-state index is -3.68. The van der Waals surface area contributed by atoms with Gasteiger partial charge in [-0.25, -0.2) is 16.8 Å². The third kappa shape index (κ3) is 3.58. The Morgan fingerprint density at radius 2 is 1.16 bits per heavy atom. The number of benzene rings is 2. The van der Waals surface area contributed by atoms with Crippen molar-refractivity contribution in [2.45, 2.75) is 42.9 Å². The van der Waals surface area contributed by atoms with Crippen molar-refractivity contribution >= 4 is 42.9 Å². The summed E-state index contributed by atoms with van der Waals surface area (Å²) in [6.45, 7) is 3.92. The quantitative estimate of drug-likeness (QED) is 0.492. The van der Waals surface area contributed by atoms with E-state index in [9.17, 15) is 16.8 Å². The number of allylic oxidation sites excluding steroid dienone is 4. The van der Waals surface area contributed by atoms with Crippen LogP contribution in [0, 0.1) is 10.8 Å². The summed E-state index contributed by atoms with van der Waals surface area (Å²) in [6, 6.07) is 12.2. The molecule has 0 spiro atoms. The molecule has 8 heteroatoms.